The zero-order valence-corrected chi connectivity index (χ0v) is 21.3. The molecule has 0 aliphatic heterocycles. The molecule has 0 aromatic carbocycles. The van der Waals surface area contributed by atoms with Crippen LogP contribution in [0.1, 0.15) is 119 Å². The predicted molar refractivity (Wildman–Crippen MR) is 129 cm³/mol. The Morgan fingerprint density at radius 2 is 1.81 bits per heavy atom. The summed E-state index contributed by atoms with van der Waals surface area (Å²) >= 11 is 0. The van der Waals surface area contributed by atoms with E-state index < -0.39 is 0 Å². The number of carbonyl (C=O) groups excluding carboxylic acids is 1. The lowest BCUT2D eigenvalue weighted by molar-refractivity contribution is -0.152. The lowest BCUT2D eigenvalue weighted by atomic mass is 9.49. The van der Waals surface area contributed by atoms with Gasteiger partial charge in [0, 0.05) is 6.92 Å². The molecule has 0 bridgehead atoms. The van der Waals surface area contributed by atoms with Gasteiger partial charge >= 0.3 is 5.97 Å². The molecule has 2 heteroatoms. The SMILES string of the molecule is CC(=O)OC1CCC2(C)C3CCC4(C)C(=C3CC[C@H]2C1)CCC4[C@H](C)CCCC(C)C. The van der Waals surface area contributed by atoms with Crippen LogP contribution < -0.4 is 0 Å². The highest BCUT2D eigenvalue weighted by Gasteiger charge is 2.55. The molecule has 176 valence electrons. The molecule has 0 aromatic heterocycles. The van der Waals surface area contributed by atoms with E-state index in [0.29, 0.717) is 10.8 Å². The third-order valence-electron chi connectivity index (χ3n) is 10.5. The van der Waals surface area contributed by atoms with Gasteiger partial charge in [0.2, 0.25) is 0 Å². The average Bonchev–Trinajstić information content (AvgIpc) is 3.05. The third-order valence-corrected chi connectivity index (χ3v) is 10.5. The quantitative estimate of drug-likeness (QED) is 0.315. The lowest BCUT2D eigenvalue weighted by Crippen LogP contribution is -2.48. The number of esters is 1. The van der Waals surface area contributed by atoms with Crippen molar-refractivity contribution < 1.29 is 9.53 Å². The molecule has 0 aromatic rings. The van der Waals surface area contributed by atoms with E-state index in [2.05, 4.69) is 34.6 Å². The molecule has 7 atom stereocenters. The van der Waals surface area contributed by atoms with Gasteiger partial charge in [-0.15, -0.1) is 0 Å². The summed E-state index contributed by atoms with van der Waals surface area (Å²) in [5, 5.41) is 0. The van der Waals surface area contributed by atoms with Crippen molar-refractivity contribution in [2.75, 3.05) is 0 Å². The van der Waals surface area contributed by atoms with Crippen LogP contribution in [0.5, 0.6) is 0 Å². The summed E-state index contributed by atoms with van der Waals surface area (Å²) in [5.74, 6) is 4.03. The standard InChI is InChI=1S/C29H48O2/c1-19(2)8-7-9-20(3)25-12-13-26-24-11-10-22-18-23(31-21(4)30)14-16-28(22,5)27(24)15-17-29(25,26)6/h19-20,22-23,25,27H,7-18H2,1-6H3/t20-,22+,23?,25?,27?,28?,29?/m1/s1. The van der Waals surface area contributed by atoms with E-state index in [1.54, 1.807) is 6.92 Å². The molecule has 0 saturated heterocycles. The van der Waals surface area contributed by atoms with Gasteiger partial charge in [0.05, 0.1) is 0 Å². The molecule has 0 spiro atoms. The molecule has 0 heterocycles. The number of hydrogen-bond acceptors (Lipinski definition) is 2. The van der Waals surface area contributed by atoms with E-state index in [1.165, 1.54) is 64.2 Å². The van der Waals surface area contributed by atoms with Gasteiger partial charge in [-0.2, -0.15) is 0 Å². The van der Waals surface area contributed by atoms with Crippen LogP contribution in [0.4, 0.5) is 0 Å². The first-order valence-corrected chi connectivity index (χ1v) is 13.5. The summed E-state index contributed by atoms with van der Waals surface area (Å²) in [5.41, 5.74) is 4.71. The van der Waals surface area contributed by atoms with Crippen molar-refractivity contribution in [1.82, 2.24) is 0 Å². The molecule has 0 N–H and O–H groups in total. The summed E-state index contributed by atoms with van der Waals surface area (Å²) in [6, 6.07) is 0. The van der Waals surface area contributed by atoms with Crippen molar-refractivity contribution in [2.45, 2.75) is 125 Å². The smallest absolute Gasteiger partial charge is 0.302 e. The van der Waals surface area contributed by atoms with Gasteiger partial charge in [-0.05, 0) is 98.2 Å². The number of hydrogen-bond donors (Lipinski definition) is 0. The van der Waals surface area contributed by atoms with Crippen LogP contribution in [0.2, 0.25) is 0 Å². The fourth-order valence-electron chi connectivity index (χ4n) is 8.79. The average molecular weight is 429 g/mol. The molecule has 3 saturated carbocycles. The Morgan fingerprint density at radius 3 is 2.52 bits per heavy atom. The molecule has 0 radical (unpaired) electrons. The van der Waals surface area contributed by atoms with Crippen LogP contribution in [-0.4, -0.2) is 12.1 Å². The molecule has 4 aliphatic carbocycles. The fraction of sp³-hybridized carbons (Fsp3) is 0.897. The third kappa shape index (κ3) is 4.26. The van der Waals surface area contributed by atoms with Crippen LogP contribution in [0.3, 0.4) is 0 Å². The number of fused-ring (bicyclic) bond motifs is 4. The minimum Gasteiger partial charge on any atom is -0.463 e. The van der Waals surface area contributed by atoms with Gasteiger partial charge in [0.1, 0.15) is 6.10 Å². The Morgan fingerprint density at radius 1 is 1.03 bits per heavy atom. The molecule has 3 fully saturated rings. The molecule has 0 amide bonds. The van der Waals surface area contributed by atoms with Crippen molar-refractivity contribution in [1.29, 1.82) is 0 Å². The van der Waals surface area contributed by atoms with Crippen molar-refractivity contribution in [3.63, 3.8) is 0 Å². The Bertz CT molecular complexity index is 706. The Labute approximate surface area is 192 Å². The van der Waals surface area contributed by atoms with E-state index in [9.17, 15) is 4.79 Å². The fourth-order valence-corrected chi connectivity index (χ4v) is 8.79. The van der Waals surface area contributed by atoms with Crippen molar-refractivity contribution in [3.8, 4) is 0 Å². The molecular weight excluding hydrogens is 380 g/mol. The van der Waals surface area contributed by atoms with E-state index in [1.807, 2.05) is 11.1 Å². The van der Waals surface area contributed by atoms with Crippen LogP contribution in [0.25, 0.3) is 0 Å². The summed E-state index contributed by atoms with van der Waals surface area (Å²) in [6.07, 6.45) is 16.0. The van der Waals surface area contributed by atoms with Crippen molar-refractivity contribution >= 4 is 5.97 Å². The maximum absolute atomic E-state index is 11.5. The van der Waals surface area contributed by atoms with Gasteiger partial charge in [-0.25, -0.2) is 0 Å². The van der Waals surface area contributed by atoms with Gasteiger partial charge in [-0.1, -0.05) is 65.0 Å². The van der Waals surface area contributed by atoms with Gasteiger partial charge in [0.15, 0.2) is 0 Å². The van der Waals surface area contributed by atoms with Gasteiger partial charge in [-0.3, -0.25) is 4.79 Å². The van der Waals surface area contributed by atoms with E-state index in [0.717, 1.165) is 42.4 Å². The summed E-state index contributed by atoms with van der Waals surface area (Å²) in [7, 11) is 0. The summed E-state index contributed by atoms with van der Waals surface area (Å²) in [6.45, 7) is 14.1. The summed E-state index contributed by atoms with van der Waals surface area (Å²) in [4.78, 5) is 11.5. The van der Waals surface area contributed by atoms with Crippen LogP contribution in [0.15, 0.2) is 11.1 Å². The number of allylic oxidation sites excluding steroid dienone is 2. The normalized spacial score (nSPS) is 40.9. The zero-order chi connectivity index (χ0) is 22.4. The Hall–Kier alpha value is -0.790. The molecule has 31 heavy (non-hydrogen) atoms. The van der Waals surface area contributed by atoms with E-state index in [4.69, 9.17) is 4.74 Å². The summed E-state index contributed by atoms with van der Waals surface area (Å²) < 4.78 is 5.64. The van der Waals surface area contributed by atoms with Crippen molar-refractivity contribution in [2.24, 2.45) is 40.4 Å². The highest BCUT2D eigenvalue weighted by Crippen LogP contribution is 2.66. The van der Waals surface area contributed by atoms with E-state index >= 15 is 0 Å². The first kappa shape index (κ1) is 23.4. The topological polar surface area (TPSA) is 26.3 Å². The van der Waals surface area contributed by atoms with Crippen LogP contribution >= 0.6 is 0 Å². The molecule has 4 rings (SSSR count). The second-order valence-corrected chi connectivity index (χ2v) is 12.7. The zero-order valence-electron chi connectivity index (χ0n) is 21.3. The minimum absolute atomic E-state index is 0.0971. The first-order valence-electron chi connectivity index (χ1n) is 13.5. The van der Waals surface area contributed by atoms with Gasteiger partial charge < -0.3 is 4.74 Å². The number of rotatable bonds is 6. The monoisotopic (exact) mass is 428 g/mol. The molecular formula is C29H48O2. The minimum atomic E-state index is -0.0971. The second kappa shape index (κ2) is 8.86. The largest absolute Gasteiger partial charge is 0.463 e. The van der Waals surface area contributed by atoms with Crippen LogP contribution in [0, 0.1) is 40.4 Å². The van der Waals surface area contributed by atoms with Crippen molar-refractivity contribution in [3.05, 3.63) is 11.1 Å². The maximum Gasteiger partial charge on any atom is 0.302 e. The molecule has 2 nitrogen and oxygen atoms in total. The Balaban J connectivity index is 1.50. The lowest BCUT2D eigenvalue weighted by Gasteiger charge is -2.57. The van der Waals surface area contributed by atoms with E-state index in [-0.39, 0.29) is 12.1 Å². The highest BCUT2D eigenvalue weighted by molar-refractivity contribution is 5.66. The second-order valence-electron chi connectivity index (χ2n) is 12.7. The number of carbonyl (C=O) groups is 1. The maximum atomic E-state index is 11.5. The Kier molecular flexibility index (Phi) is 6.68. The molecule has 4 aliphatic rings. The first-order chi connectivity index (χ1) is 14.6. The number of ether oxygens (including phenoxy) is 1. The van der Waals surface area contributed by atoms with Crippen LogP contribution in [-0.2, 0) is 9.53 Å². The van der Waals surface area contributed by atoms with Gasteiger partial charge in [0.25, 0.3) is 0 Å². The molecule has 5 unspecified atom stereocenters. The predicted octanol–water partition coefficient (Wildman–Crippen LogP) is 8.10. The highest BCUT2D eigenvalue weighted by atomic mass is 16.5.